The van der Waals surface area contributed by atoms with Crippen LogP contribution in [0.1, 0.15) is 35.4 Å². The Morgan fingerprint density at radius 1 is 1.15 bits per heavy atom. The third kappa shape index (κ3) is 4.11. The Morgan fingerprint density at radius 3 is 2.69 bits per heavy atom. The molecule has 0 saturated carbocycles. The maximum Gasteiger partial charge on any atom is 0.309 e. The summed E-state index contributed by atoms with van der Waals surface area (Å²) in [5.74, 6) is -0.848. The Labute approximate surface area is 153 Å². The van der Waals surface area contributed by atoms with Gasteiger partial charge in [-0.05, 0) is 74.0 Å². The average Bonchev–Trinajstić information content (AvgIpc) is 2.98. The maximum atomic E-state index is 10.1. The van der Waals surface area contributed by atoms with Gasteiger partial charge in [0.1, 0.15) is 0 Å². The molecule has 0 amide bonds. The van der Waals surface area contributed by atoms with E-state index in [0.717, 1.165) is 13.0 Å². The van der Waals surface area contributed by atoms with E-state index in [1.54, 1.807) is 30.0 Å². The Hall–Kier alpha value is -2.66. The number of hydrogen-bond acceptors (Lipinski definition) is 3. The zero-order chi connectivity index (χ0) is 18.4. The summed E-state index contributed by atoms with van der Waals surface area (Å²) in [7, 11) is 0. The van der Waals surface area contributed by atoms with Crippen molar-refractivity contribution in [2.75, 3.05) is 6.54 Å². The van der Waals surface area contributed by atoms with Gasteiger partial charge in [-0.2, -0.15) is 0 Å². The number of rotatable bonds is 4. The molecule has 4 rings (SSSR count). The maximum absolute atomic E-state index is 10.1. The topological polar surface area (TPSA) is 80.6 Å². The second-order valence-electron chi connectivity index (χ2n) is 6.50. The van der Waals surface area contributed by atoms with Gasteiger partial charge in [-0.3, -0.25) is 9.78 Å². The highest BCUT2D eigenvalue weighted by Crippen LogP contribution is 2.30. The molecule has 1 aliphatic carbocycles. The monoisotopic (exact) mass is 351 g/mol. The van der Waals surface area contributed by atoms with E-state index in [2.05, 4.69) is 33.8 Å². The van der Waals surface area contributed by atoms with Gasteiger partial charge < -0.3 is 15.2 Å². The molecule has 136 valence electrons. The predicted molar refractivity (Wildman–Crippen MR) is 102 cm³/mol. The summed E-state index contributed by atoms with van der Waals surface area (Å²) < 4.78 is 2.37. The highest BCUT2D eigenvalue weighted by molar-refractivity contribution is 5.69. The molecule has 0 atom stereocenters. The molecule has 3 aromatic rings. The van der Waals surface area contributed by atoms with Gasteiger partial charge in [0, 0.05) is 23.6 Å². The van der Waals surface area contributed by atoms with Gasteiger partial charge in [0.25, 0.3) is 0 Å². The van der Waals surface area contributed by atoms with Crippen molar-refractivity contribution in [3.8, 4) is 0 Å². The van der Waals surface area contributed by atoms with Gasteiger partial charge in [0.2, 0.25) is 0 Å². The lowest BCUT2D eigenvalue weighted by Crippen LogP contribution is -2.07. The van der Waals surface area contributed by atoms with E-state index in [4.69, 9.17) is 10.8 Å². The summed E-state index contributed by atoms with van der Waals surface area (Å²) >= 11 is 0. The van der Waals surface area contributed by atoms with E-state index in [-0.39, 0.29) is 6.42 Å². The van der Waals surface area contributed by atoms with Crippen LogP contribution in [0.3, 0.4) is 0 Å². The van der Waals surface area contributed by atoms with Crippen LogP contribution in [0.2, 0.25) is 0 Å². The summed E-state index contributed by atoms with van der Waals surface area (Å²) in [5, 5.41) is 8.33. The first kappa shape index (κ1) is 18.1. The standard InChI is InChI=1S/C14H18N2.C7H7NO2/c15-9-8-12-11-5-1-2-6-13(11)16-10-4-3-7-14(12)16;9-7(10)5-6-3-1-2-4-8-6/h3-4,7,10H,1-2,5-6,8-9,15H2;1-4H,5H2,(H,9,10). The third-order valence-corrected chi connectivity index (χ3v) is 4.72. The van der Waals surface area contributed by atoms with Crippen LogP contribution < -0.4 is 5.73 Å². The highest BCUT2D eigenvalue weighted by Gasteiger charge is 2.19. The van der Waals surface area contributed by atoms with Crippen LogP contribution in [-0.4, -0.2) is 27.0 Å². The number of hydrogen-bond donors (Lipinski definition) is 2. The van der Waals surface area contributed by atoms with Crippen molar-refractivity contribution < 1.29 is 9.90 Å². The minimum absolute atomic E-state index is 0.000833. The number of carboxylic acids is 1. The summed E-state index contributed by atoms with van der Waals surface area (Å²) in [4.78, 5) is 14.0. The van der Waals surface area contributed by atoms with Crippen LogP contribution >= 0.6 is 0 Å². The number of carboxylic acid groups (broad SMARTS) is 1. The van der Waals surface area contributed by atoms with Gasteiger partial charge in [-0.25, -0.2) is 0 Å². The van der Waals surface area contributed by atoms with E-state index in [9.17, 15) is 4.79 Å². The number of nitrogens with two attached hydrogens (primary N) is 1. The molecular formula is C21H25N3O2. The van der Waals surface area contributed by atoms with Crippen LogP contribution in [0.4, 0.5) is 0 Å². The summed E-state index contributed by atoms with van der Waals surface area (Å²) in [6.45, 7) is 0.751. The molecule has 0 aromatic carbocycles. The molecule has 26 heavy (non-hydrogen) atoms. The van der Waals surface area contributed by atoms with Crippen molar-refractivity contribution in [1.82, 2.24) is 9.38 Å². The van der Waals surface area contributed by atoms with E-state index in [0.29, 0.717) is 5.69 Å². The molecule has 0 bridgehead atoms. The quantitative estimate of drug-likeness (QED) is 0.757. The van der Waals surface area contributed by atoms with Crippen LogP contribution in [0.5, 0.6) is 0 Å². The zero-order valence-corrected chi connectivity index (χ0v) is 14.9. The Bertz CT molecular complexity index is 872. The fourth-order valence-corrected chi connectivity index (χ4v) is 3.64. The lowest BCUT2D eigenvalue weighted by atomic mass is 9.93. The van der Waals surface area contributed by atoms with Crippen molar-refractivity contribution in [3.63, 3.8) is 0 Å². The van der Waals surface area contributed by atoms with Gasteiger partial charge in [0.15, 0.2) is 0 Å². The second-order valence-corrected chi connectivity index (χ2v) is 6.50. The molecule has 0 unspecified atom stereocenters. The first-order valence-electron chi connectivity index (χ1n) is 9.12. The molecule has 0 fully saturated rings. The van der Waals surface area contributed by atoms with Gasteiger partial charge in [-0.15, -0.1) is 0 Å². The third-order valence-electron chi connectivity index (χ3n) is 4.72. The zero-order valence-electron chi connectivity index (χ0n) is 14.9. The molecule has 3 N–H and O–H groups in total. The lowest BCUT2D eigenvalue weighted by molar-refractivity contribution is -0.136. The van der Waals surface area contributed by atoms with E-state index >= 15 is 0 Å². The predicted octanol–water partition coefficient (Wildman–Crippen LogP) is 3.03. The van der Waals surface area contributed by atoms with E-state index in [1.165, 1.54) is 42.5 Å². The number of nitrogens with zero attached hydrogens (tertiary/aromatic N) is 2. The highest BCUT2D eigenvalue weighted by atomic mass is 16.4. The Kier molecular flexibility index (Phi) is 6.02. The van der Waals surface area contributed by atoms with E-state index < -0.39 is 5.97 Å². The molecule has 3 heterocycles. The minimum Gasteiger partial charge on any atom is -0.481 e. The summed E-state index contributed by atoms with van der Waals surface area (Å²) in [6, 6.07) is 11.7. The van der Waals surface area contributed by atoms with Crippen molar-refractivity contribution >= 4 is 11.5 Å². The van der Waals surface area contributed by atoms with Crippen LogP contribution in [-0.2, 0) is 30.5 Å². The fourth-order valence-electron chi connectivity index (χ4n) is 3.64. The van der Waals surface area contributed by atoms with Crippen LogP contribution in [0.15, 0.2) is 48.8 Å². The Balaban J connectivity index is 0.000000170. The molecule has 1 aliphatic rings. The number of aliphatic carboxylic acids is 1. The normalized spacial score (nSPS) is 13.0. The number of aryl methyl sites for hydroxylation is 1. The first-order chi connectivity index (χ1) is 12.7. The molecule has 0 radical (unpaired) electrons. The van der Waals surface area contributed by atoms with Gasteiger partial charge in [0.05, 0.1) is 12.1 Å². The number of aromatic nitrogens is 2. The Morgan fingerprint density at radius 2 is 1.96 bits per heavy atom. The molecule has 3 aromatic heterocycles. The van der Waals surface area contributed by atoms with Crippen LogP contribution in [0.25, 0.3) is 5.52 Å². The van der Waals surface area contributed by atoms with Crippen LogP contribution in [0, 0.1) is 0 Å². The number of pyridine rings is 2. The summed E-state index contributed by atoms with van der Waals surface area (Å²) in [6.07, 6.45) is 9.93. The molecule has 0 aliphatic heterocycles. The molecule has 0 spiro atoms. The van der Waals surface area contributed by atoms with Crippen molar-refractivity contribution in [2.45, 2.75) is 38.5 Å². The van der Waals surface area contributed by atoms with Crippen molar-refractivity contribution in [3.05, 3.63) is 71.3 Å². The molecule has 0 saturated heterocycles. The molecular weight excluding hydrogens is 326 g/mol. The van der Waals surface area contributed by atoms with Gasteiger partial charge in [-0.1, -0.05) is 12.1 Å². The van der Waals surface area contributed by atoms with Gasteiger partial charge >= 0.3 is 5.97 Å². The number of carbonyl (C=O) groups is 1. The van der Waals surface area contributed by atoms with E-state index in [1.807, 2.05) is 0 Å². The summed E-state index contributed by atoms with van der Waals surface area (Å²) in [5.41, 5.74) is 12.3. The molecule has 5 heteroatoms. The fraction of sp³-hybridized carbons (Fsp3) is 0.333. The largest absolute Gasteiger partial charge is 0.481 e. The second kappa shape index (κ2) is 8.63. The first-order valence-corrected chi connectivity index (χ1v) is 9.12. The lowest BCUT2D eigenvalue weighted by Gasteiger charge is -2.13. The number of fused-ring (bicyclic) bond motifs is 3. The molecule has 5 nitrogen and oxygen atoms in total. The average molecular weight is 351 g/mol. The van der Waals surface area contributed by atoms with Crippen molar-refractivity contribution in [2.24, 2.45) is 5.73 Å². The minimum atomic E-state index is -0.848. The van der Waals surface area contributed by atoms with Crippen molar-refractivity contribution in [1.29, 1.82) is 0 Å². The SMILES string of the molecule is NCCc1c2c(n3ccccc13)CCCC2.O=C(O)Cc1ccccn1. The smallest absolute Gasteiger partial charge is 0.309 e.